The molecule has 0 atom stereocenters. The van der Waals surface area contributed by atoms with Gasteiger partial charge in [0.1, 0.15) is 11.4 Å². The van der Waals surface area contributed by atoms with Crippen LogP contribution in [0.2, 0.25) is 0 Å². The Kier molecular flexibility index (Phi) is 6.30. The van der Waals surface area contributed by atoms with Gasteiger partial charge in [-0.25, -0.2) is 15.3 Å². The number of carbonyl (C=O) groups excluding carboxylic acids is 1. The first-order valence-electron chi connectivity index (χ1n) is 9.75. The normalized spacial score (nSPS) is 20.0. The van der Waals surface area contributed by atoms with Crippen molar-refractivity contribution < 1.29 is 9.63 Å². The number of nitrogens with one attached hydrogen (secondary N) is 1. The smallest absolute Gasteiger partial charge is 0.266 e. The van der Waals surface area contributed by atoms with Crippen LogP contribution in [0.25, 0.3) is 11.4 Å². The number of aryl methyl sites for hydroxylation is 1. The second-order valence-electron chi connectivity index (χ2n) is 8.41. The molecule has 7 nitrogen and oxygen atoms in total. The van der Waals surface area contributed by atoms with Crippen LogP contribution in [-0.4, -0.2) is 32.6 Å². The number of anilines is 1. The van der Waals surface area contributed by atoms with Gasteiger partial charge < -0.3 is 0 Å². The molecule has 8 heteroatoms. The Balaban J connectivity index is 1.86. The van der Waals surface area contributed by atoms with E-state index in [9.17, 15) is 4.79 Å². The predicted molar refractivity (Wildman–Crippen MR) is 111 cm³/mol. The van der Waals surface area contributed by atoms with E-state index in [0.717, 1.165) is 42.8 Å². The van der Waals surface area contributed by atoms with Crippen molar-refractivity contribution in [1.29, 1.82) is 0 Å². The Morgan fingerprint density at radius 3 is 2.54 bits per heavy atom. The maximum Gasteiger partial charge on any atom is 0.347 e. The monoisotopic (exact) mass is 403 g/mol. The van der Waals surface area contributed by atoms with Crippen LogP contribution in [0.1, 0.15) is 59.1 Å². The molecule has 0 spiro atoms. The molecule has 1 N–H and O–H groups in total. The molecule has 3 rings (SSSR count). The summed E-state index contributed by atoms with van der Waals surface area (Å²) in [5.74, 6) is 0.695. The molecule has 152 valence electrons. The van der Waals surface area contributed by atoms with Gasteiger partial charge in [-0.2, -0.15) is 0 Å². The van der Waals surface area contributed by atoms with E-state index in [-0.39, 0.29) is 12.1 Å². The van der Waals surface area contributed by atoms with Crippen molar-refractivity contribution in [3.05, 3.63) is 23.5 Å². The van der Waals surface area contributed by atoms with E-state index < -0.39 is 5.60 Å². The summed E-state index contributed by atoms with van der Waals surface area (Å²) in [5, 5.41) is 2.59. The highest BCUT2D eigenvalue weighted by Gasteiger charge is 2.32. The van der Waals surface area contributed by atoms with Crippen molar-refractivity contribution in [3.63, 3.8) is 0 Å². The number of hydrogen-bond donors (Lipinski definition) is 1. The number of hydrogen-bond acceptors (Lipinski definition) is 6. The Labute approximate surface area is 170 Å². The molecule has 1 saturated carbocycles. The Morgan fingerprint density at radius 1 is 1.21 bits per heavy atom. The SMILES string of the molecule is Cc1nccnc1-c1csc(N(C(=O)NOC(C)(C)C)C2CCC(C)CC2)n1. The van der Waals surface area contributed by atoms with E-state index in [1.54, 1.807) is 17.3 Å². The first-order valence-corrected chi connectivity index (χ1v) is 10.6. The summed E-state index contributed by atoms with van der Waals surface area (Å²) in [6.45, 7) is 9.88. The summed E-state index contributed by atoms with van der Waals surface area (Å²) in [4.78, 5) is 33.7. The molecular formula is C20H29N5O2S. The number of carbonyl (C=O) groups is 1. The van der Waals surface area contributed by atoms with Gasteiger partial charge in [0, 0.05) is 23.8 Å². The molecule has 0 unspecified atom stereocenters. The molecule has 1 aliphatic rings. The number of hydroxylamine groups is 1. The number of rotatable bonds is 4. The highest BCUT2D eigenvalue weighted by atomic mass is 32.1. The van der Waals surface area contributed by atoms with Crippen molar-refractivity contribution in [2.24, 2.45) is 5.92 Å². The standard InChI is InChI=1S/C20H29N5O2S/c1-13-6-8-15(9-7-13)25(18(26)24-27-20(3,4)5)19-23-16(12-28-19)17-14(2)21-10-11-22-17/h10-13,15H,6-9H2,1-5H3,(H,24,26). The first-order chi connectivity index (χ1) is 13.2. The molecule has 0 aromatic carbocycles. The van der Waals surface area contributed by atoms with Crippen LogP contribution in [0.3, 0.4) is 0 Å². The molecule has 0 radical (unpaired) electrons. The molecule has 2 aromatic rings. The fourth-order valence-electron chi connectivity index (χ4n) is 3.30. The summed E-state index contributed by atoms with van der Waals surface area (Å²) < 4.78 is 0. The summed E-state index contributed by atoms with van der Waals surface area (Å²) in [6.07, 6.45) is 7.46. The molecule has 0 bridgehead atoms. The van der Waals surface area contributed by atoms with Crippen LogP contribution >= 0.6 is 11.3 Å². The van der Waals surface area contributed by atoms with Crippen molar-refractivity contribution in [2.45, 2.75) is 71.9 Å². The molecule has 0 saturated heterocycles. The quantitative estimate of drug-likeness (QED) is 0.746. The van der Waals surface area contributed by atoms with Crippen molar-refractivity contribution in [3.8, 4) is 11.4 Å². The van der Waals surface area contributed by atoms with Crippen LogP contribution in [0.4, 0.5) is 9.93 Å². The fraction of sp³-hybridized carbons (Fsp3) is 0.600. The van der Waals surface area contributed by atoms with Gasteiger partial charge in [-0.1, -0.05) is 6.92 Å². The number of aromatic nitrogens is 3. The van der Waals surface area contributed by atoms with Crippen LogP contribution in [0.15, 0.2) is 17.8 Å². The van der Waals surface area contributed by atoms with Gasteiger partial charge in [-0.3, -0.25) is 19.7 Å². The average Bonchev–Trinajstić information content (AvgIpc) is 3.11. The summed E-state index contributed by atoms with van der Waals surface area (Å²) >= 11 is 1.45. The van der Waals surface area contributed by atoms with Crippen LogP contribution in [-0.2, 0) is 4.84 Å². The highest BCUT2D eigenvalue weighted by Crippen LogP contribution is 2.34. The lowest BCUT2D eigenvalue weighted by Crippen LogP contribution is -2.49. The van der Waals surface area contributed by atoms with E-state index in [2.05, 4.69) is 22.4 Å². The average molecular weight is 404 g/mol. The summed E-state index contributed by atoms with van der Waals surface area (Å²) in [5.41, 5.74) is 4.45. The first kappa shape index (κ1) is 20.7. The Morgan fingerprint density at radius 2 is 1.89 bits per heavy atom. The molecule has 2 heterocycles. The third-order valence-corrected chi connectivity index (χ3v) is 5.68. The van der Waals surface area contributed by atoms with E-state index in [1.165, 1.54) is 11.3 Å². The van der Waals surface area contributed by atoms with Gasteiger partial charge in [0.15, 0.2) is 5.13 Å². The molecule has 1 fully saturated rings. The number of nitrogens with zero attached hydrogens (tertiary/aromatic N) is 4. The summed E-state index contributed by atoms with van der Waals surface area (Å²) in [7, 11) is 0. The van der Waals surface area contributed by atoms with E-state index in [0.29, 0.717) is 11.0 Å². The largest absolute Gasteiger partial charge is 0.347 e. The third kappa shape index (κ3) is 5.05. The van der Waals surface area contributed by atoms with Gasteiger partial charge in [0.2, 0.25) is 0 Å². The van der Waals surface area contributed by atoms with Gasteiger partial charge in [-0.15, -0.1) is 11.3 Å². The van der Waals surface area contributed by atoms with Gasteiger partial charge >= 0.3 is 6.03 Å². The zero-order valence-electron chi connectivity index (χ0n) is 17.2. The minimum Gasteiger partial charge on any atom is -0.266 e. The van der Waals surface area contributed by atoms with Gasteiger partial charge in [0.25, 0.3) is 0 Å². The molecule has 1 aliphatic carbocycles. The Hall–Kier alpha value is -2.06. The lowest BCUT2D eigenvalue weighted by Gasteiger charge is -2.35. The lowest BCUT2D eigenvalue weighted by molar-refractivity contribution is -0.0520. The summed E-state index contributed by atoms with van der Waals surface area (Å²) in [6, 6.07) is -0.159. The van der Waals surface area contributed by atoms with Crippen LogP contribution in [0.5, 0.6) is 0 Å². The fourth-order valence-corrected chi connectivity index (χ4v) is 4.18. The van der Waals surface area contributed by atoms with Crippen molar-refractivity contribution in [2.75, 3.05) is 4.90 Å². The van der Waals surface area contributed by atoms with Crippen molar-refractivity contribution in [1.82, 2.24) is 20.4 Å². The van der Waals surface area contributed by atoms with Crippen LogP contribution in [0, 0.1) is 12.8 Å². The maximum atomic E-state index is 13.0. The maximum absolute atomic E-state index is 13.0. The van der Waals surface area contributed by atoms with Crippen molar-refractivity contribution >= 4 is 22.5 Å². The number of urea groups is 1. The third-order valence-electron chi connectivity index (χ3n) is 4.84. The second-order valence-corrected chi connectivity index (χ2v) is 9.25. The zero-order valence-corrected chi connectivity index (χ0v) is 18.0. The van der Waals surface area contributed by atoms with E-state index >= 15 is 0 Å². The predicted octanol–water partition coefficient (Wildman–Crippen LogP) is 4.73. The van der Waals surface area contributed by atoms with E-state index in [1.807, 2.05) is 33.1 Å². The minimum atomic E-state index is -0.465. The molecular weight excluding hydrogens is 374 g/mol. The van der Waals surface area contributed by atoms with Crippen LogP contribution < -0.4 is 10.4 Å². The molecule has 2 amide bonds. The number of amides is 2. The van der Waals surface area contributed by atoms with Gasteiger partial charge in [-0.05, 0) is 59.3 Å². The second kappa shape index (κ2) is 8.53. The molecule has 0 aliphatic heterocycles. The highest BCUT2D eigenvalue weighted by molar-refractivity contribution is 7.14. The molecule has 2 aromatic heterocycles. The van der Waals surface area contributed by atoms with Gasteiger partial charge in [0.05, 0.1) is 11.3 Å². The Bertz CT molecular complexity index is 809. The topological polar surface area (TPSA) is 80.2 Å². The van der Waals surface area contributed by atoms with E-state index in [4.69, 9.17) is 9.82 Å². The number of thiazole rings is 1. The molecule has 28 heavy (non-hydrogen) atoms. The minimum absolute atomic E-state index is 0.113. The lowest BCUT2D eigenvalue weighted by atomic mass is 9.87. The zero-order chi connectivity index (χ0) is 20.3.